The maximum absolute atomic E-state index is 12.1. The number of amides is 1. The van der Waals surface area contributed by atoms with Crippen molar-refractivity contribution >= 4 is 21.6 Å². The van der Waals surface area contributed by atoms with Gasteiger partial charge in [0.25, 0.3) is 5.91 Å². The van der Waals surface area contributed by atoms with Crippen molar-refractivity contribution in [2.45, 2.75) is 37.6 Å². The van der Waals surface area contributed by atoms with E-state index in [0.717, 1.165) is 12.8 Å². The number of benzene rings is 1. The molecule has 118 valence electrons. The van der Waals surface area contributed by atoms with Crippen LogP contribution in [0.15, 0.2) is 23.1 Å². The molecule has 1 atom stereocenters. The quantitative estimate of drug-likeness (QED) is 0.828. The van der Waals surface area contributed by atoms with E-state index >= 15 is 0 Å². The van der Waals surface area contributed by atoms with Crippen LogP contribution in [0.3, 0.4) is 0 Å². The van der Waals surface area contributed by atoms with Gasteiger partial charge < -0.3 is 10.2 Å². The minimum Gasteiger partial charge on any atom is -0.377 e. The number of sulfonamides is 1. The first-order chi connectivity index (χ1) is 9.66. The van der Waals surface area contributed by atoms with Crippen molar-refractivity contribution in [3.05, 3.63) is 23.8 Å². The molecule has 0 aromatic heterocycles. The summed E-state index contributed by atoms with van der Waals surface area (Å²) in [5, 5.41) is 8.06. The second-order valence-electron chi connectivity index (χ2n) is 5.29. The molecule has 0 saturated carbocycles. The van der Waals surface area contributed by atoms with Gasteiger partial charge >= 0.3 is 0 Å². The van der Waals surface area contributed by atoms with Crippen molar-refractivity contribution in [3.8, 4) is 0 Å². The molecule has 0 aliphatic heterocycles. The lowest BCUT2D eigenvalue weighted by Gasteiger charge is -2.18. The minimum atomic E-state index is -3.89. The van der Waals surface area contributed by atoms with Gasteiger partial charge in [0.15, 0.2) is 0 Å². The number of hydrogen-bond donors (Lipinski definition) is 2. The molecule has 0 saturated heterocycles. The molecule has 6 nitrogen and oxygen atoms in total. The number of carbonyl (C=O) groups is 1. The van der Waals surface area contributed by atoms with Crippen molar-refractivity contribution in [2.24, 2.45) is 5.14 Å². The van der Waals surface area contributed by atoms with E-state index < -0.39 is 10.0 Å². The fourth-order valence-electron chi connectivity index (χ4n) is 2.07. The van der Waals surface area contributed by atoms with Crippen LogP contribution in [0, 0.1) is 0 Å². The Kier molecular flexibility index (Phi) is 5.74. The fourth-order valence-corrected chi connectivity index (χ4v) is 2.90. The van der Waals surface area contributed by atoms with E-state index in [2.05, 4.69) is 5.32 Å². The van der Waals surface area contributed by atoms with Gasteiger partial charge in [-0.05, 0) is 31.5 Å². The summed E-state index contributed by atoms with van der Waals surface area (Å²) in [6.45, 7) is 3.95. The van der Waals surface area contributed by atoms with Crippen molar-refractivity contribution in [1.82, 2.24) is 5.32 Å². The topological polar surface area (TPSA) is 92.5 Å². The van der Waals surface area contributed by atoms with Crippen LogP contribution in [0.1, 0.15) is 37.0 Å². The number of primary sulfonamides is 1. The summed E-state index contributed by atoms with van der Waals surface area (Å²) in [6, 6.07) is 4.53. The molecule has 0 fully saturated rings. The highest BCUT2D eigenvalue weighted by Crippen LogP contribution is 2.24. The summed E-state index contributed by atoms with van der Waals surface area (Å²) in [6.07, 6.45) is 1.83. The molecule has 0 bridgehead atoms. The third kappa shape index (κ3) is 4.71. The maximum atomic E-state index is 12.1. The molecule has 0 radical (unpaired) electrons. The van der Waals surface area contributed by atoms with E-state index in [1.807, 2.05) is 13.8 Å². The zero-order valence-electron chi connectivity index (χ0n) is 12.9. The molecule has 0 aliphatic rings. The average molecular weight is 313 g/mol. The number of nitrogens with zero attached hydrogens (tertiary/aromatic N) is 1. The van der Waals surface area contributed by atoms with Crippen LogP contribution in [-0.4, -0.2) is 34.5 Å². The fraction of sp³-hybridized carbons (Fsp3) is 0.500. The second kappa shape index (κ2) is 6.91. The third-order valence-electron chi connectivity index (χ3n) is 3.11. The Morgan fingerprint density at radius 2 is 2.00 bits per heavy atom. The lowest BCUT2D eigenvalue weighted by atomic mass is 10.1. The first-order valence-corrected chi connectivity index (χ1v) is 8.36. The van der Waals surface area contributed by atoms with Crippen LogP contribution in [0.2, 0.25) is 0 Å². The molecule has 1 unspecified atom stereocenters. The molecule has 7 heteroatoms. The summed E-state index contributed by atoms with van der Waals surface area (Å²) in [5.74, 6) is -0.300. The van der Waals surface area contributed by atoms with Gasteiger partial charge in [-0.3, -0.25) is 4.79 Å². The Morgan fingerprint density at radius 3 is 2.48 bits per heavy atom. The highest BCUT2D eigenvalue weighted by molar-refractivity contribution is 7.89. The average Bonchev–Trinajstić information content (AvgIpc) is 2.37. The van der Waals surface area contributed by atoms with E-state index in [-0.39, 0.29) is 22.4 Å². The zero-order chi connectivity index (χ0) is 16.2. The second-order valence-corrected chi connectivity index (χ2v) is 6.81. The number of hydrogen-bond acceptors (Lipinski definition) is 4. The van der Waals surface area contributed by atoms with Gasteiger partial charge in [-0.15, -0.1) is 0 Å². The van der Waals surface area contributed by atoms with Gasteiger partial charge in [0.05, 0.1) is 5.69 Å². The molecule has 0 spiro atoms. The van der Waals surface area contributed by atoms with Gasteiger partial charge in [-0.2, -0.15) is 0 Å². The summed E-state index contributed by atoms with van der Waals surface area (Å²) in [4.78, 5) is 13.7. The summed E-state index contributed by atoms with van der Waals surface area (Å²) in [5.41, 5.74) is 0.739. The van der Waals surface area contributed by atoms with Crippen LogP contribution < -0.4 is 15.4 Å². The van der Waals surface area contributed by atoms with Crippen LogP contribution in [0.4, 0.5) is 5.69 Å². The molecule has 21 heavy (non-hydrogen) atoms. The standard InChI is InChI=1S/C14H23N3O3S/c1-5-6-10(2)16-14(18)11-7-8-12(17(3)4)13(9-11)21(15,19)20/h7-10H,5-6H2,1-4H3,(H,16,18)(H2,15,19,20). The summed E-state index contributed by atoms with van der Waals surface area (Å²) in [7, 11) is -0.464. The Hall–Kier alpha value is -1.60. The molecule has 1 aromatic carbocycles. The Bertz CT molecular complexity index is 612. The van der Waals surface area contributed by atoms with E-state index in [0.29, 0.717) is 5.69 Å². The van der Waals surface area contributed by atoms with Crippen molar-refractivity contribution in [1.29, 1.82) is 0 Å². The molecule has 1 aromatic rings. The van der Waals surface area contributed by atoms with E-state index in [9.17, 15) is 13.2 Å². The molecule has 1 amide bonds. The largest absolute Gasteiger partial charge is 0.377 e. The van der Waals surface area contributed by atoms with E-state index in [4.69, 9.17) is 5.14 Å². The molecular formula is C14H23N3O3S. The van der Waals surface area contributed by atoms with Gasteiger partial charge in [0.2, 0.25) is 10.0 Å². The lowest BCUT2D eigenvalue weighted by Crippen LogP contribution is -2.32. The first kappa shape index (κ1) is 17.5. The Labute approximate surface area is 126 Å². The number of nitrogens with two attached hydrogens (primary N) is 1. The molecule has 0 heterocycles. The SMILES string of the molecule is CCCC(C)NC(=O)c1ccc(N(C)C)c(S(N)(=O)=O)c1. The highest BCUT2D eigenvalue weighted by atomic mass is 32.2. The van der Waals surface area contributed by atoms with Gasteiger partial charge in [0, 0.05) is 25.7 Å². The highest BCUT2D eigenvalue weighted by Gasteiger charge is 2.19. The molecule has 3 N–H and O–H groups in total. The smallest absolute Gasteiger partial charge is 0.251 e. The van der Waals surface area contributed by atoms with Gasteiger partial charge in [-0.1, -0.05) is 13.3 Å². The Morgan fingerprint density at radius 1 is 1.38 bits per heavy atom. The van der Waals surface area contributed by atoms with Crippen LogP contribution in [0.5, 0.6) is 0 Å². The number of nitrogens with one attached hydrogen (secondary N) is 1. The predicted octanol–water partition coefficient (Wildman–Crippen LogP) is 1.32. The predicted molar refractivity (Wildman–Crippen MR) is 84.0 cm³/mol. The Balaban J connectivity index is 3.14. The number of anilines is 1. The van der Waals surface area contributed by atoms with Gasteiger partial charge in [0.1, 0.15) is 4.90 Å². The van der Waals surface area contributed by atoms with Crippen LogP contribution in [0.25, 0.3) is 0 Å². The third-order valence-corrected chi connectivity index (χ3v) is 4.05. The lowest BCUT2D eigenvalue weighted by molar-refractivity contribution is 0.0938. The number of rotatable bonds is 6. The maximum Gasteiger partial charge on any atom is 0.251 e. The van der Waals surface area contributed by atoms with Crippen molar-refractivity contribution < 1.29 is 13.2 Å². The monoisotopic (exact) mass is 313 g/mol. The summed E-state index contributed by atoms with van der Waals surface area (Å²) >= 11 is 0. The van der Waals surface area contributed by atoms with E-state index in [1.165, 1.54) is 6.07 Å². The van der Waals surface area contributed by atoms with Crippen LogP contribution in [-0.2, 0) is 10.0 Å². The molecular weight excluding hydrogens is 290 g/mol. The first-order valence-electron chi connectivity index (χ1n) is 6.81. The summed E-state index contributed by atoms with van der Waals surface area (Å²) < 4.78 is 23.4. The van der Waals surface area contributed by atoms with Gasteiger partial charge in [-0.25, -0.2) is 13.6 Å². The zero-order valence-corrected chi connectivity index (χ0v) is 13.7. The number of carbonyl (C=O) groups excluding carboxylic acids is 1. The van der Waals surface area contributed by atoms with Crippen molar-refractivity contribution in [3.63, 3.8) is 0 Å². The van der Waals surface area contributed by atoms with Crippen molar-refractivity contribution in [2.75, 3.05) is 19.0 Å². The minimum absolute atomic E-state index is 0.0361. The molecule has 1 rings (SSSR count). The molecule has 0 aliphatic carbocycles. The van der Waals surface area contributed by atoms with Crippen LogP contribution >= 0.6 is 0 Å². The van der Waals surface area contributed by atoms with E-state index in [1.54, 1.807) is 31.1 Å². The normalized spacial score (nSPS) is 12.8.